The number of alkyl halides is 2. The number of carbonyl (C=O) groups excluding carboxylic acids is 1. The van der Waals surface area contributed by atoms with E-state index >= 15 is 0 Å². The summed E-state index contributed by atoms with van der Waals surface area (Å²) in [5.41, 5.74) is 14.1. The van der Waals surface area contributed by atoms with Crippen LogP contribution in [0.2, 0.25) is 0 Å². The summed E-state index contributed by atoms with van der Waals surface area (Å²) in [6, 6.07) is 5.10. The van der Waals surface area contributed by atoms with Crippen molar-refractivity contribution in [3.05, 3.63) is 76.3 Å². The highest BCUT2D eigenvalue weighted by atomic mass is 19.3. The van der Waals surface area contributed by atoms with E-state index in [2.05, 4.69) is 50.9 Å². The number of aryl methyl sites for hydroxylation is 2. The first kappa shape index (κ1) is 32.3. The van der Waals surface area contributed by atoms with Gasteiger partial charge < -0.3 is 15.8 Å². The molecule has 0 amide bonds. The molecule has 3 nitrogen and oxygen atoms in total. The topological polar surface area (TPSA) is 55.1 Å². The molecule has 1 heterocycles. The lowest BCUT2D eigenvalue weighted by Gasteiger charge is -2.38. The molecule has 3 rings (SSSR count). The van der Waals surface area contributed by atoms with Crippen molar-refractivity contribution in [1.29, 1.82) is 0 Å². The molecule has 1 aliphatic heterocycles. The smallest absolute Gasteiger partial charge is 0.238 e. The van der Waals surface area contributed by atoms with Gasteiger partial charge in [0.05, 0.1) is 6.04 Å². The Morgan fingerprint density at radius 1 is 1.24 bits per heavy atom. The number of nitrogens with one attached hydrogen (secondary N) is 1. The van der Waals surface area contributed by atoms with Crippen LogP contribution in [-0.2, 0) is 11.2 Å². The van der Waals surface area contributed by atoms with E-state index < -0.39 is 12.3 Å². The van der Waals surface area contributed by atoms with Crippen LogP contribution in [0.3, 0.4) is 0 Å². The highest BCUT2D eigenvalue weighted by Crippen LogP contribution is 2.40. The van der Waals surface area contributed by atoms with Crippen molar-refractivity contribution >= 4 is 12.5 Å². The Morgan fingerprint density at radius 2 is 1.92 bits per heavy atom. The fourth-order valence-corrected chi connectivity index (χ4v) is 5.08. The van der Waals surface area contributed by atoms with Crippen LogP contribution in [0.1, 0.15) is 94.4 Å². The maximum absolute atomic E-state index is 12.7. The Morgan fingerprint density at radius 3 is 2.46 bits per heavy atom. The molecule has 1 aromatic carbocycles. The fraction of sp³-hybridized carbons (Fsp3) is 0.516. The number of nitrogens with two attached hydrogens (primary N) is 1. The molecule has 0 saturated carbocycles. The third-order valence-electron chi connectivity index (χ3n) is 7.25. The van der Waals surface area contributed by atoms with E-state index in [1.807, 2.05) is 6.79 Å². The van der Waals surface area contributed by atoms with Crippen molar-refractivity contribution in [2.75, 3.05) is 0 Å². The largest absolute Gasteiger partial charge is 0.402 e. The van der Waals surface area contributed by atoms with Gasteiger partial charge >= 0.3 is 0 Å². The Balaban J connectivity index is 0.000000376. The summed E-state index contributed by atoms with van der Waals surface area (Å²) >= 11 is 0. The van der Waals surface area contributed by atoms with Crippen molar-refractivity contribution in [2.24, 2.45) is 11.7 Å². The first-order valence-electron chi connectivity index (χ1n) is 13.2. The van der Waals surface area contributed by atoms with E-state index in [1.54, 1.807) is 19.4 Å². The molecule has 3 N–H and O–H groups in total. The van der Waals surface area contributed by atoms with Crippen LogP contribution >= 0.6 is 0 Å². The van der Waals surface area contributed by atoms with Crippen LogP contribution in [0.5, 0.6) is 0 Å². The number of rotatable bonds is 7. The van der Waals surface area contributed by atoms with E-state index in [1.165, 1.54) is 54.0 Å². The van der Waals surface area contributed by atoms with Crippen LogP contribution < -0.4 is 11.1 Å². The maximum atomic E-state index is 12.7. The molecule has 0 fully saturated rings. The van der Waals surface area contributed by atoms with Crippen LogP contribution in [0.15, 0.2) is 54.0 Å². The van der Waals surface area contributed by atoms with Crippen molar-refractivity contribution in [3.8, 4) is 0 Å². The first-order chi connectivity index (χ1) is 17.6. The van der Waals surface area contributed by atoms with Crippen LogP contribution in [0.4, 0.5) is 13.2 Å². The maximum Gasteiger partial charge on any atom is 0.238 e. The van der Waals surface area contributed by atoms with E-state index in [9.17, 15) is 13.2 Å². The van der Waals surface area contributed by atoms with Crippen LogP contribution in [0.25, 0.3) is 5.70 Å². The summed E-state index contributed by atoms with van der Waals surface area (Å²) < 4.78 is 36.4. The Kier molecular flexibility index (Phi) is 14.1. The first-order valence-corrected chi connectivity index (χ1v) is 13.2. The van der Waals surface area contributed by atoms with Gasteiger partial charge in [0.15, 0.2) is 0 Å². The van der Waals surface area contributed by atoms with E-state index in [-0.39, 0.29) is 12.3 Å². The SMILES string of the molecule is C/C(=C/C(F)=C\N)C(C)CCC(F)F.C=C1NC(C2=CCCCC2)C(C)c2c(CC)cc(C)cc21.C=O. The fourth-order valence-electron chi connectivity index (χ4n) is 5.08. The molecular weight excluding hydrogens is 473 g/mol. The zero-order valence-corrected chi connectivity index (χ0v) is 23.2. The van der Waals surface area contributed by atoms with Gasteiger partial charge in [-0.15, -0.1) is 0 Å². The third kappa shape index (κ3) is 9.56. The van der Waals surface area contributed by atoms with Gasteiger partial charge in [-0.3, -0.25) is 0 Å². The molecule has 1 aliphatic carbocycles. The second kappa shape index (κ2) is 16.2. The lowest BCUT2D eigenvalue weighted by Crippen LogP contribution is -2.39. The van der Waals surface area contributed by atoms with Crippen LogP contribution in [0, 0.1) is 12.8 Å². The molecule has 1 aromatic rings. The Labute approximate surface area is 221 Å². The predicted octanol–water partition coefficient (Wildman–Crippen LogP) is 8.30. The second-order valence-corrected chi connectivity index (χ2v) is 9.96. The second-order valence-electron chi connectivity index (χ2n) is 9.96. The van der Waals surface area contributed by atoms with Crippen molar-refractivity contribution < 1.29 is 18.0 Å². The molecule has 37 heavy (non-hydrogen) atoms. The van der Waals surface area contributed by atoms with E-state index in [0.717, 1.165) is 23.9 Å². The number of carbonyl (C=O) groups is 1. The molecule has 0 radical (unpaired) electrons. The summed E-state index contributed by atoms with van der Waals surface area (Å²) in [5.74, 6) is -0.0495. The van der Waals surface area contributed by atoms with Gasteiger partial charge in [-0.2, -0.15) is 0 Å². The summed E-state index contributed by atoms with van der Waals surface area (Å²) in [4.78, 5) is 8.00. The molecule has 0 aromatic heterocycles. The Bertz CT molecular complexity index is 981. The van der Waals surface area contributed by atoms with E-state index in [0.29, 0.717) is 18.4 Å². The standard InChI is InChI=1S/C20H27N.C10H16F3N.CH2O/c1-5-16-11-13(2)12-18-15(4)21-20(14(3)19(16)18)17-9-7-6-8-10-17;1-7(3-4-10(12)13)8(2)5-9(11)6-14;1-2/h9,11-12,14,20-21H,4-8,10H2,1-3H3;5-7,10H,3-4,14H2,1-2H3;1H2/b;8-5-,9-6+;. The highest BCUT2D eigenvalue weighted by molar-refractivity contribution is 5.71. The van der Waals surface area contributed by atoms with Gasteiger partial charge in [-0.1, -0.05) is 56.2 Å². The van der Waals surface area contributed by atoms with E-state index in [4.69, 9.17) is 10.5 Å². The number of benzene rings is 1. The number of hydrogen-bond donors (Lipinski definition) is 2. The van der Waals surface area contributed by atoms with Gasteiger partial charge in [0, 0.05) is 29.8 Å². The molecule has 0 saturated heterocycles. The number of fused-ring (bicyclic) bond motifs is 1. The molecule has 0 spiro atoms. The monoisotopic (exact) mass is 518 g/mol. The van der Waals surface area contributed by atoms with Gasteiger partial charge in [0.25, 0.3) is 0 Å². The van der Waals surface area contributed by atoms with Crippen molar-refractivity contribution in [1.82, 2.24) is 5.32 Å². The molecular formula is C31H45F3N2O. The average Bonchev–Trinajstić information content (AvgIpc) is 2.90. The van der Waals surface area contributed by atoms with Crippen molar-refractivity contribution in [2.45, 2.75) is 97.9 Å². The molecule has 3 atom stereocenters. The summed E-state index contributed by atoms with van der Waals surface area (Å²) in [6.07, 6.45) is 8.79. The van der Waals surface area contributed by atoms with Gasteiger partial charge in [-0.05, 0) is 81.6 Å². The molecule has 6 heteroatoms. The lowest BCUT2D eigenvalue weighted by atomic mass is 9.76. The lowest BCUT2D eigenvalue weighted by molar-refractivity contribution is -0.0980. The minimum atomic E-state index is -2.29. The molecule has 206 valence electrons. The number of hydrogen-bond acceptors (Lipinski definition) is 3. The normalized spacial score (nSPS) is 20.5. The third-order valence-corrected chi connectivity index (χ3v) is 7.25. The van der Waals surface area contributed by atoms with Crippen LogP contribution in [-0.4, -0.2) is 19.3 Å². The summed E-state index contributed by atoms with van der Waals surface area (Å²) in [6.45, 7) is 16.6. The minimum Gasteiger partial charge on any atom is -0.402 e. The zero-order chi connectivity index (χ0) is 28.1. The van der Waals surface area contributed by atoms with Gasteiger partial charge in [0.1, 0.15) is 12.6 Å². The molecule has 2 aliphatic rings. The highest BCUT2D eigenvalue weighted by Gasteiger charge is 2.32. The molecule has 0 bridgehead atoms. The quantitative estimate of drug-likeness (QED) is 0.282. The number of allylic oxidation sites excluding steroid dienone is 4. The van der Waals surface area contributed by atoms with Crippen molar-refractivity contribution in [3.63, 3.8) is 0 Å². The molecule has 3 unspecified atom stereocenters. The predicted molar refractivity (Wildman–Crippen MR) is 150 cm³/mol. The Hall–Kier alpha value is -2.76. The zero-order valence-electron chi connectivity index (χ0n) is 23.2. The van der Waals surface area contributed by atoms with Gasteiger partial charge in [-0.25, -0.2) is 13.2 Å². The average molecular weight is 519 g/mol. The summed E-state index contributed by atoms with van der Waals surface area (Å²) in [5, 5.41) is 3.71. The summed E-state index contributed by atoms with van der Waals surface area (Å²) in [7, 11) is 0. The van der Waals surface area contributed by atoms with Gasteiger partial charge in [0.2, 0.25) is 6.43 Å². The minimum absolute atomic E-state index is 0.0466. The number of halogens is 3.